The topological polar surface area (TPSA) is 55.1 Å². The van der Waals surface area contributed by atoms with E-state index in [0.29, 0.717) is 0 Å². The molecule has 0 amide bonds. The monoisotopic (exact) mass is 196 g/mol. The summed E-state index contributed by atoms with van der Waals surface area (Å²) in [6, 6.07) is 0. The van der Waals surface area contributed by atoms with E-state index in [1.165, 1.54) is 0 Å². The molecule has 0 fully saturated rings. The van der Waals surface area contributed by atoms with Crippen molar-refractivity contribution in [1.82, 2.24) is 9.78 Å². The van der Waals surface area contributed by atoms with Crippen LogP contribution in [-0.4, -0.2) is 20.9 Å². The number of carbonyl (C=O) groups is 1. The van der Waals surface area contributed by atoms with Crippen LogP contribution in [0, 0.1) is 5.41 Å². The third kappa shape index (κ3) is 2.13. The number of nitrogens with zero attached hydrogens (tertiary/aromatic N) is 2. The van der Waals surface area contributed by atoms with Gasteiger partial charge in [0.25, 0.3) is 0 Å². The summed E-state index contributed by atoms with van der Waals surface area (Å²) < 4.78 is 1.62. The summed E-state index contributed by atoms with van der Waals surface area (Å²) >= 11 is 0. The molecule has 1 aromatic heterocycles. The normalized spacial score (nSPS) is 14.0. The minimum Gasteiger partial charge on any atom is -0.481 e. The van der Waals surface area contributed by atoms with Crippen LogP contribution >= 0.6 is 0 Å². The third-order valence-corrected chi connectivity index (χ3v) is 2.17. The molecule has 0 aliphatic heterocycles. The zero-order valence-corrected chi connectivity index (χ0v) is 8.98. The van der Waals surface area contributed by atoms with Gasteiger partial charge in [-0.15, -0.1) is 0 Å². The number of rotatable bonds is 2. The second-order valence-electron chi connectivity index (χ2n) is 4.58. The summed E-state index contributed by atoms with van der Waals surface area (Å²) in [5.74, 6) is -1.30. The molecule has 4 heteroatoms. The number of carboxylic acids is 1. The quantitative estimate of drug-likeness (QED) is 0.782. The van der Waals surface area contributed by atoms with Crippen molar-refractivity contribution in [2.75, 3.05) is 0 Å². The van der Waals surface area contributed by atoms with Gasteiger partial charge in [0.2, 0.25) is 0 Å². The molecule has 1 unspecified atom stereocenters. The predicted molar refractivity (Wildman–Crippen MR) is 53.0 cm³/mol. The number of aromatic nitrogens is 2. The van der Waals surface area contributed by atoms with Crippen molar-refractivity contribution in [3.63, 3.8) is 0 Å². The van der Waals surface area contributed by atoms with Gasteiger partial charge in [-0.2, -0.15) is 5.10 Å². The van der Waals surface area contributed by atoms with Gasteiger partial charge in [0.05, 0.1) is 12.1 Å². The van der Waals surface area contributed by atoms with Crippen LogP contribution in [0.3, 0.4) is 0 Å². The van der Waals surface area contributed by atoms with Crippen LogP contribution < -0.4 is 0 Å². The van der Waals surface area contributed by atoms with Crippen molar-refractivity contribution < 1.29 is 9.90 Å². The molecule has 0 aromatic carbocycles. The van der Waals surface area contributed by atoms with Crippen LogP contribution in [0.4, 0.5) is 0 Å². The smallest absolute Gasteiger partial charge is 0.311 e. The van der Waals surface area contributed by atoms with E-state index in [2.05, 4.69) is 5.10 Å². The molecule has 0 aliphatic rings. The first-order valence-corrected chi connectivity index (χ1v) is 4.53. The second kappa shape index (κ2) is 3.44. The molecular formula is C10H16N2O2. The summed E-state index contributed by atoms with van der Waals surface area (Å²) in [6.45, 7) is 5.75. The van der Waals surface area contributed by atoms with Crippen molar-refractivity contribution in [3.8, 4) is 0 Å². The van der Waals surface area contributed by atoms with Crippen molar-refractivity contribution >= 4 is 5.97 Å². The number of aliphatic carboxylic acids is 1. The SMILES string of the molecule is Cn1cc(C(C(=O)O)C(C)(C)C)cn1. The van der Waals surface area contributed by atoms with Gasteiger partial charge in [-0.25, -0.2) is 0 Å². The minimum atomic E-state index is -0.800. The van der Waals surface area contributed by atoms with E-state index in [-0.39, 0.29) is 5.41 Å². The maximum atomic E-state index is 11.1. The summed E-state index contributed by atoms with van der Waals surface area (Å²) in [5.41, 5.74) is 0.460. The van der Waals surface area contributed by atoms with Crippen molar-refractivity contribution in [1.29, 1.82) is 0 Å². The third-order valence-electron chi connectivity index (χ3n) is 2.17. The summed E-state index contributed by atoms with van der Waals surface area (Å²) in [4.78, 5) is 11.1. The number of aryl methyl sites for hydroxylation is 1. The van der Waals surface area contributed by atoms with E-state index in [9.17, 15) is 4.79 Å². The Morgan fingerprint density at radius 1 is 1.57 bits per heavy atom. The fourth-order valence-corrected chi connectivity index (χ4v) is 1.60. The lowest BCUT2D eigenvalue weighted by molar-refractivity contribution is -0.141. The van der Waals surface area contributed by atoms with Crippen molar-refractivity contribution in [3.05, 3.63) is 18.0 Å². The van der Waals surface area contributed by atoms with Gasteiger partial charge in [-0.3, -0.25) is 9.48 Å². The largest absolute Gasteiger partial charge is 0.481 e. The molecule has 0 saturated heterocycles. The van der Waals surface area contributed by atoms with Gasteiger partial charge in [0.1, 0.15) is 0 Å². The molecule has 78 valence electrons. The lowest BCUT2D eigenvalue weighted by Crippen LogP contribution is -2.25. The molecule has 1 rings (SSSR count). The summed E-state index contributed by atoms with van der Waals surface area (Å²) in [6.07, 6.45) is 3.37. The van der Waals surface area contributed by atoms with Crippen LogP contribution in [0.1, 0.15) is 32.3 Å². The van der Waals surface area contributed by atoms with E-state index in [0.717, 1.165) is 5.56 Å². The van der Waals surface area contributed by atoms with Gasteiger partial charge in [-0.05, 0) is 5.41 Å². The van der Waals surface area contributed by atoms with Crippen LogP contribution in [-0.2, 0) is 11.8 Å². The fraction of sp³-hybridized carbons (Fsp3) is 0.600. The molecule has 0 radical (unpaired) electrons. The van der Waals surface area contributed by atoms with Crippen LogP contribution in [0.5, 0.6) is 0 Å². The summed E-state index contributed by atoms with van der Waals surface area (Å²) in [5, 5.41) is 13.1. The average Bonchev–Trinajstić information content (AvgIpc) is 2.31. The van der Waals surface area contributed by atoms with Gasteiger partial charge in [-0.1, -0.05) is 20.8 Å². The number of hydrogen-bond acceptors (Lipinski definition) is 2. The standard InChI is InChI=1S/C10H16N2O2/c1-10(2,3)8(9(13)14)7-5-11-12(4)6-7/h5-6,8H,1-4H3,(H,13,14). The zero-order chi connectivity index (χ0) is 10.9. The van der Waals surface area contributed by atoms with E-state index < -0.39 is 11.9 Å². The molecule has 0 saturated carbocycles. The molecule has 1 aromatic rings. The molecular weight excluding hydrogens is 180 g/mol. The molecule has 1 atom stereocenters. The Hall–Kier alpha value is -1.32. The highest BCUT2D eigenvalue weighted by Crippen LogP contribution is 2.34. The molecule has 4 nitrogen and oxygen atoms in total. The first-order chi connectivity index (χ1) is 6.32. The highest BCUT2D eigenvalue weighted by Gasteiger charge is 2.33. The lowest BCUT2D eigenvalue weighted by atomic mass is 9.77. The van der Waals surface area contributed by atoms with Crippen LogP contribution in [0.2, 0.25) is 0 Å². The van der Waals surface area contributed by atoms with Gasteiger partial charge < -0.3 is 5.11 Å². The molecule has 0 bridgehead atoms. The lowest BCUT2D eigenvalue weighted by Gasteiger charge is -2.25. The molecule has 1 N–H and O–H groups in total. The van der Waals surface area contributed by atoms with E-state index in [1.54, 1.807) is 24.1 Å². The van der Waals surface area contributed by atoms with Gasteiger partial charge in [0, 0.05) is 18.8 Å². The Labute approximate surface area is 83.5 Å². The molecule has 0 spiro atoms. The Kier molecular flexibility index (Phi) is 2.64. The van der Waals surface area contributed by atoms with Crippen molar-refractivity contribution in [2.24, 2.45) is 12.5 Å². The van der Waals surface area contributed by atoms with Crippen LogP contribution in [0.25, 0.3) is 0 Å². The van der Waals surface area contributed by atoms with E-state index in [1.807, 2.05) is 20.8 Å². The Balaban J connectivity index is 3.07. The zero-order valence-electron chi connectivity index (χ0n) is 8.98. The van der Waals surface area contributed by atoms with E-state index >= 15 is 0 Å². The highest BCUT2D eigenvalue weighted by molar-refractivity contribution is 5.76. The predicted octanol–water partition coefficient (Wildman–Crippen LogP) is 1.63. The first-order valence-electron chi connectivity index (χ1n) is 4.53. The average molecular weight is 196 g/mol. The molecule has 14 heavy (non-hydrogen) atoms. The maximum Gasteiger partial charge on any atom is 0.311 e. The number of carboxylic acid groups (broad SMARTS) is 1. The van der Waals surface area contributed by atoms with Crippen LogP contribution in [0.15, 0.2) is 12.4 Å². The highest BCUT2D eigenvalue weighted by atomic mass is 16.4. The number of hydrogen-bond donors (Lipinski definition) is 1. The Morgan fingerprint density at radius 3 is 2.43 bits per heavy atom. The Morgan fingerprint density at radius 2 is 2.14 bits per heavy atom. The van der Waals surface area contributed by atoms with Gasteiger partial charge >= 0.3 is 5.97 Å². The second-order valence-corrected chi connectivity index (χ2v) is 4.58. The molecule has 1 heterocycles. The molecule has 0 aliphatic carbocycles. The first kappa shape index (κ1) is 10.8. The van der Waals surface area contributed by atoms with E-state index in [4.69, 9.17) is 5.11 Å². The fourth-order valence-electron chi connectivity index (χ4n) is 1.60. The Bertz CT molecular complexity index is 336. The minimum absolute atomic E-state index is 0.297. The maximum absolute atomic E-state index is 11.1. The van der Waals surface area contributed by atoms with Gasteiger partial charge in [0.15, 0.2) is 0 Å². The summed E-state index contributed by atoms with van der Waals surface area (Å²) in [7, 11) is 1.78. The van der Waals surface area contributed by atoms with Crippen molar-refractivity contribution in [2.45, 2.75) is 26.7 Å².